The molecule has 6 heteroatoms. The molecule has 0 bridgehead atoms. The molecule has 2 rings (SSSR count). The summed E-state index contributed by atoms with van der Waals surface area (Å²) in [6.07, 6.45) is 1.07. The van der Waals surface area contributed by atoms with Crippen LogP contribution in [0.3, 0.4) is 0 Å². The van der Waals surface area contributed by atoms with Crippen LogP contribution in [0.1, 0.15) is 20.3 Å². The second-order valence-electron chi connectivity index (χ2n) is 5.34. The molecule has 1 fully saturated rings. The van der Waals surface area contributed by atoms with Crippen LogP contribution in [0.15, 0.2) is 27.6 Å². The van der Waals surface area contributed by atoms with Gasteiger partial charge in [0.25, 0.3) is 0 Å². The highest BCUT2D eigenvalue weighted by Crippen LogP contribution is 2.31. The number of benzene rings is 1. The highest BCUT2D eigenvalue weighted by molar-refractivity contribution is 9.10. The molecule has 0 radical (unpaired) electrons. The van der Waals surface area contributed by atoms with E-state index in [9.17, 15) is 8.42 Å². The van der Waals surface area contributed by atoms with Crippen molar-refractivity contribution < 1.29 is 8.42 Å². The molecule has 1 aromatic carbocycles. The van der Waals surface area contributed by atoms with E-state index >= 15 is 0 Å². The van der Waals surface area contributed by atoms with Crippen molar-refractivity contribution in [2.45, 2.75) is 25.2 Å². The van der Waals surface area contributed by atoms with Crippen LogP contribution in [-0.2, 0) is 10.0 Å². The molecule has 0 aromatic heterocycles. The first-order valence-electron chi connectivity index (χ1n) is 6.26. The fourth-order valence-corrected chi connectivity index (χ4v) is 5.32. The Labute approximate surface area is 128 Å². The zero-order chi connectivity index (χ0) is 14.2. The Hall–Kier alpha value is -0.100. The van der Waals surface area contributed by atoms with Crippen molar-refractivity contribution in [2.24, 2.45) is 11.8 Å². The standard InChI is InChI=1S/C13H17BrClNO2S/c1-9-5-10(2)8-16(7-9)19(17,18)13-4-3-11(14)6-12(13)15/h3-4,6,9-10H,5,7-8H2,1-2H3/t9-,10-/m0/s1. The number of sulfonamides is 1. The molecular weight excluding hydrogens is 350 g/mol. The third-order valence-corrected chi connectivity index (χ3v) is 6.15. The smallest absolute Gasteiger partial charge is 0.207 e. The van der Waals surface area contributed by atoms with Crippen LogP contribution in [0, 0.1) is 11.8 Å². The first kappa shape index (κ1) is 15.3. The monoisotopic (exact) mass is 365 g/mol. The van der Waals surface area contributed by atoms with Crippen molar-refractivity contribution in [1.29, 1.82) is 0 Å². The molecule has 0 unspecified atom stereocenters. The minimum atomic E-state index is -3.49. The Morgan fingerprint density at radius 1 is 1.26 bits per heavy atom. The maximum Gasteiger partial charge on any atom is 0.244 e. The first-order valence-corrected chi connectivity index (χ1v) is 8.87. The van der Waals surface area contributed by atoms with E-state index in [1.807, 2.05) is 0 Å². The summed E-state index contributed by atoms with van der Waals surface area (Å²) in [6.45, 7) is 5.31. The molecule has 0 spiro atoms. The van der Waals surface area contributed by atoms with Crippen molar-refractivity contribution in [3.8, 4) is 0 Å². The van der Waals surface area contributed by atoms with Crippen molar-refractivity contribution in [1.82, 2.24) is 4.31 Å². The van der Waals surface area contributed by atoms with E-state index in [0.717, 1.165) is 10.9 Å². The summed E-state index contributed by atoms with van der Waals surface area (Å²) in [4.78, 5) is 0.193. The maximum absolute atomic E-state index is 12.6. The maximum atomic E-state index is 12.6. The number of nitrogens with zero attached hydrogens (tertiary/aromatic N) is 1. The number of halogens is 2. The van der Waals surface area contributed by atoms with Crippen LogP contribution in [-0.4, -0.2) is 25.8 Å². The zero-order valence-electron chi connectivity index (χ0n) is 10.9. The van der Waals surface area contributed by atoms with E-state index < -0.39 is 10.0 Å². The van der Waals surface area contributed by atoms with Crippen LogP contribution in [0.25, 0.3) is 0 Å². The molecule has 19 heavy (non-hydrogen) atoms. The van der Waals surface area contributed by atoms with Gasteiger partial charge in [-0.2, -0.15) is 4.31 Å². The molecule has 106 valence electrons. The van der Waals surface area contributed by atoms with E-state index in [1.165, 1.54) is 0 Å². The van der Waals surface area contributed by atoms with E-state index in [1.54, 1.807) is 22.5 Å². The van der Waals surface area contributed by atoms with Crippen LogP contribution >= 0.6 is 27.5 Å². The van der Waals surface area contributed by atoms with E-state index in [-0.39, 0.29) is 9.92 Å². The highest BCUT2D eigenvalue weighted by Gasteiger charge is 2.32. The molecule has 0 saturated carbocycles. The summed E-state index contributed by atoms with van der Waals surface area (Å²) >= 11 is 9.36. The lowest BCUT2D eigenvalue weighted by Crippen LogP contribution is -2.42. The van der Waals surface area contributed by atoms with E-state index in [4.69, 9.17) is 11.6 Å². The predicted octanol–water partition coefficient (Wildman–Crippen LogP) is 3.77. The molecule has 1 aromatic rings. The normalized spacial score (nSPS) is 25.5. The number of piperidine rings is 1. The molecular formula is C13H17BrClNO2S. The van der Waals surface area contributed by atoms with Crippen molar-refractivity contribution in [2.75, 3.05) is 13.1 Å². The SMILES string of the molecule is C[C@H]1C[C@H](C)CN(S(=O)(=O)c2ccc(Br)cc2Cl)C1. The molecule has 0 N–H and O–H groups in total. The summed E-state index contributed by atoms with van der Waals surface area (Å²) < 4.78 is 27.6. The average molecular weight is 367 g/mol. The third-order valence-electron chi connectivity index (χ3n) is 3.35. The molecule has 0 amide bonds. The Balaban J connectivity index is 2.36. The summed E-state index contributed by atoms with van der Waals surface area (Å²) in [5, 5.41) is 0.264. The average Bonchev–Trinajstić information content (AvgIpc) is 2.26. The lowest BCUT2D eigenvalue weighted by atomic mass is 9.94. The van der Waals surface area contributed by atoms with Crippen LogP contribution in [0.4, 0.5) is 0 Å². The van der Waals surface area contributed by atoms with Gasteiger partial charge in [-0.3, -0.25) is 0 Å². The molecule has 1 heterocycles. The third kappa shape index (κ3) is 3.32. The minimum absolute atomic E-state index is 0.193. The predicted molar refractivity (Wildman–Crippen MR) is 80.9 cm³/mol. The van der Waals surface area contributed by atoms with Gasteiger partial charge in [0.2, 0.25) is 10.0 Å². The van der Waals surface area contributed by atoms with Gasteiger partial charge in [0.1, 0.15) is 4.90 Å². The van der Waals surface area contributed by atoms with Crippen molar-refractivity contribution in [3.63, 3.8) is 0 Å². The van der Waals surface area contributed by atoms with Gasteiger partial charge >= 0.3 is 0 Å². The second-order valence-corrected chi connectivity index (χ2v) is 8.57. The summed E-state index contributed by atoms with van der Waals surface area (Å²) in [5.74, 6) is 0.764. The molecule has 1 aliphatic heterocycles. The second kappa shape index (κ2) is 5.72. The lowest BCUT2D eigenvalue weighted by Gasteiger charge is -2.34. The van der Waals surface area contributed by atoms with Gasteiger partial charge in [-0.15, -0.1) is 0 Å². The number of hydrogen-bond donors (Lipinski definition) is 0. The number of rotatable bonds is 2. The van der Waals surface area contributed by atoms with Crippen LogP contribution in [0.5, 0.6) is 0 Å². The van der Waals surface area contributed by atoms with Gasteiger partial charge in [0, 0.05) is 17.6 Å². The van der Waals surface area contributed by atoms with E-state index in [0.29, 0.717) is 24.9 Å². The molecule has 2 atom stereocenters. The summed E-state index contributed by atoms with van der Waals surface area (Å²) in [5.41, 5.74) is 0. The molecule has 3 nitrogen and oxygen atoms in total. The Morgan fingerprint density at radius 3 is 2.37 bits per heavy atom. The topological polar surface area (TPSA) is 37.4 Å². The quantitative estimate of drug-likeness (QED) is 0.799. The van der Waals surface area contributed by atoms with Gasteiger partial charge in [-0.1, -0.05) is 41.4 Å². The molecule has 1 saturated heterocycles. The lowest BCUT2D eigenvalue weighted by molar-refractivity contribution is 0.222. The molecule has 0 aliphatic carbocycles. The van der Waals surface area contributed by atoms with Gasteiger partial charge < -0.3 is 0 Å². The van der Waals surface area contributed by atoms with Gasteiger partial charge in [-0.05, 0) is 36.5 Å². The fourth-order valence-electron chi connectivity index (χ4n) is 2.63. The summed E-state index contributed by atoms with van der Waals surface area (Å²) in [7, 11) is -3.49. The van der Waals surface area contributed by atoms with Crippen LogP contribution < -0.4 is 0 Å². The van der Waals surface area contributed by atoms with Gasteiger partial charge in [0.15, 0.2) is 0 Å². The van der Waals surface area contributed by atoms with Gasteiger partial charge in [-0.25, -0.2) is 8.42 Å². The fraction of sp³-hybridized carbons (Fsp3) is 0.538. The minimum Gasteiger partial charge on any atom is -0.207 e. The Kier molecular flexibility index (Phi) is 4.60. The van der Waals surface area contributed by atoms with Crippen molar-refractivity contribution >= 4 is 37.6 Å². The largest absolute Gasteiger partial charge is 0.244 e. The van der Waals surface area contributed by atoms with Gasteiger partial charge in [0.05, 0.1) is 5.02 Å². The Bertz CT molecular complexity index is 566. The van der Waals surface area contributed by atoms with E-state index in [2.05, 4.69) is 29.8 Å². The number of hydrogen-bond acceptors (Lipinski definition) is 2. The highest BCUT2D eigenvalue weighted by atomic mass is 79.9. The molecule has 1 aliphatic rings. The summed E-state index contributed by atoms with van der Waals surface area (Å²) in [6, 6.07) is 4.88. The van der Waals surface area contributed by atoms with Crippen molar-refractivity contribution in [3.05, 3.63) is 27.7 Å². The van der Waals surface area contributed by atoms with Crippen LogP contribution in [0.2, 0.25) is 5.02 Å². The Morgan fingerprint density at radius 2 is 1.84 bits per heavy atom. The zero-order valence-corrected chi connectivity index (χ0v) is 14.1. The first-order chi connectivity index (χ1) is 8.80.